The van der Waals surface area contributed by atoms with E-state index in [9.17, 15) is 10.2 Å². The fraction of sp³-hybridized carbons (Fsp3) is 0.375. The van der Waals surface area contributed by atoms with Gasteiger partial charge in [-0.1, -0.05) is 30.3 Å². The molecule has 0 saturated heterocycles. The molecule has 0 aromatic heterocycles. The van der Waals surface area contributed by atoms with Crippen LogP contribution in [0.15, 0.2) is 36.4 Å². The Labute approximate surface area is 119 Å². The minimum absolute atomic E-state index is 0.0232. The molecule has 20 heavy (non-hydrogen) atoms. The van der Waals surface area contributed by atoms with Crippen molar-refractivity contribution in [1.82, 2.24) is 5.32 Å². The van der Waals surface area contributed by atoms with Gasteiger partial charge in [-0.15, -0.1) is 0 Å². The van der Waals surface area contributed by atoms with Gasteiger partial charge >= 0.3 is 0 Å². The lowest BCUT2D eigenvalue weighted by Crippen LogP contribution is -2.37. The summed E-state index contributed by atoms with van der Waals surface area (Å²) < 4.78 is 5.39. The number of aliphatic hydroxyl groups excluding tert-OH is 2. The highest BCUT2D eigenvalue weighted by atomic mass is 16.5. The van der Waals surface area contributed by atoms with Crippen molar-refractivity contribution in [2.45, 2.75) is 19.0 Å². The summed E-state index contributed by atoms with van der Waals surface area (Å²) in [6.45, 7) is 1.84. The standard InChI is InChI=1S/C16H21NO3/c1-11(17-12(9-18)10-19)13-7-8-16(20-2)15-6-4-3-5-14(13)15/h3-8,11-12,17-19H,9-10H2,1-2H3/t11-/m1/s1. The number of nitrogens with one attached hydrogen (secondary N) is 1. The summed E-state index contributed by atoms with van der Waals surface area (Å²) in [7, 11) is 1.66. The molecule has 1 atom stereocenters. The zero-order valence-corrected chi connectivity index (χ0v) is 11.8. The topological polar surface area (TPSA) is 61.7 Å². The SMILES string of the molecule is COc1ccc([C@@H](C)NC(CO)CO)c2ccccc12. The Balaban J connectivity index is 2.39. The molecule has 2 aromatic rings. The number of fused-ring (bicyclic) bond motifs is 1. The summed E-state index contributed by atoms with van der Waals surface area (Å²) in [5, 5.41) is 23.7. The number of benzene rings is 2. The van der Waals surface area contributed by atoms with Gasteiger partial charge in [0, 0.05) is 11.4 Å². The van der Waals surface area contributed by atoms with E-state index in [0.717, 1.165) is 22.1 Å². The summed E-state index contributed by atoms with van der Waals surface area (Å²) in [6.07, 6.45) is 0. The summed E-state index contributed by atoms with van der Waals surface area (Å²) in [5.74, 6) is 0.845. The molecule has 0 aliphatic carbocycles. The van der Waals surface area contributed by atoms with Crippen molar-refractivity contribution in [2.75, 3.05) is 20.3 Å². The van der Waals surface area contributed by atoms with Crippen molar-refractivity contribution in [1.29, 1.82) is 0 Å². The van der Waals surface area contributed by atoms with E-state index < -0.39 is 0 Å². The van der Waals surface area contributed by atoms with Crippen molar-refractivity contribution in [3.05, 3.63) is 42.0 Å². The minimum atomic E-state index is -0.314. The second-order valence-electron chi connectivity index (χ2n) is 4.85. The molecule has 108 valence electrons. The summed E-state index contributed by atoms with van der Waals surface area (Å²) in [5.41, 5.74) is 1.12. The van der Waals surface area contributed by atoms with Crippen molar-refractivity contribution in [3.8, 4) is 5.75 Å². The van der Waals surface area contributed by atoms with Gasteiger partial charge in [0.2, 0.25) is 0 Å². The molecular formula is C16H21NO3. The van der Waals surface area contributed by atoms with Crippen LogP contribution in [0, 0.1) is 0 Å². The Morgan fingerprint density at radius 2 is 1.70 bits per heavy atom. The maximum absolute atomic E-state index is 9.17. The molecular weight excluding hydrogens is 254 g/mol. The fourth-order valence-corrected chi connectivity index (χ4v) is 2.46. The van der Waals surface area contributed by atoms with E-state index in [1.807, 2.05) is 37.3 Å². The summed E-state index contributed by atoms with van der Waals surface area (Å²) in [6, 6.07) is 11.7. The first-order chi connectivity index (χ1) is 9.71. The van der Waals surface area contributed by atoms with Crippen LogP contribution in [0.4, 0.5) is 0 Å². The third-order valence-electron chi connectivity index (χ3n) is 3.53. The Morgan fingerprint density at radius 3 is 2.30 bits per heavy atom. The highest BCUT2D eigenvalue weighted by molar-refractivity contribution is 5.91. The van der Waals surface area contributed by atoms with Gasteiger partial charge in [-0.2, -0.15) is 0 Å². The molecule has 0 fully saturated rings. The van der Waals surface area contributed by atoms with E-state index in [1.54, 1.807) is 7.11 Å². The average Bonchev–Trinajstić information content (AvgIpc) is 2.51. The van der Waals surface area contributed by atoms with Gasteiger partial charge in [0.25, 0.3) is 0 Å². The lowest BCUT2D eigenvalue weighted by atomic mass is 9.98. The third kappa shape index (κ3) is 2.93. The molecule has 0 amide bonds. The summed E-state index contributed by atoms with van der Waals surface area (Å²) >= 11 is 0. The number of methoxy groups -OCH3 is 1. The van der Waals surface area contributed by atoms with E-state index in [4.69, 9.17) is 4.74 Å². The number of ether oxygens (including phenoxy) is 1. The lowest BCUT2D eigenvalue weighted by Gasteiger charge is -2.22. The van der Waals surface area contributed by atoms with Crippen LogP contribution in [-0.4, -0.2) is 36.6 Å². The van der Waals surface area contributed by atoms with E-state index in [1.165, 1.54) is 0 Å². The molecule has 0 aliphatic heterocycles. The average molecular weight is 275 g/mol. The van der Waals surface area contributed by atoms with Crippen molar-refractivity contribution in [3.63, 3.8) is 0 Å². The van der Waals surface area contributed by atoms with E-state index in [0.29, 0.717) is 0 Å². The first kappa shape index (κ1) is 14.8. The molecule has 0 unspecified atom stereocenters. The Kier molecular flexibility index (Phi) is 4.95. The predicted molar refractivity (Wildman–Crippen MR) is 80.0 cm³/mol. The van der Waals surface area contributed by atoms with Gasteiger partial charge in [0.15, 0.2) is 0 Å². The molecule has 0 radical (unpaired) electrons. The highest BCUT2D eigenvalue weighted by Crippen LogP contribution is 2.31. The number of rotatable bonds is 6. The fourth-order valence-electron chi connectivity index (χ4n) is 2.46. The zero-order chi connectivity index (χ0) is 14.5. The first-order valence-electron chi connectivity index (χ1n) is 6.74. The van der Waals surface area contributed by atoms with Gasteiger partial charge in [-0.05, 0) is 23.9 Å². The van der Waals surface area contributed by atoms with Crippen molar-refractivity contribution in [2.24, 2.45) is 0 Å². The van der Waals surface area contributed by atoms with Crippen LogP contribution in [0.25, 0.3) is 10.8 Å². The van der Waals surface area contributed by atoms with Crippen LogP contribution in [-0.2, 0) is 0 Å². The monoisotopic (exact) mass is 275 g/mol. The van der Waals surface area contributed by atoms with Crippen LogP contribution in [0.1, 0.15) is 18.5 Å². The molecule has 0 heterocycles. The third-order valence-corrected chi connectivity index (χ3v) is 3.53. The molecule has 2 rings (SSSR count). The lowest BCUT2D eigenvalue weighted by molar-refractivity contribution is 0.164. The molecule has 0 bridgehead atoms. The summed E-state index contributed by atoms with van der Waals surface area (Å²) in [4.78, 5) is 0. The largest absolute Gasteiger partial charge is 0.496 e. The van der Waals surface area contributed by atoms with Crippen LogP contribution in [0.2, 0.25) is 0 Å². The van der Waals surface area contributed by atoms with E-state index in [2.05, 4.69) is 11.4 Å². The number of aliphatic hydroxyl groups is 2. The van der Waals surface area contributed by atoms with Crippen LogP contribution in [0.5, 0.6) is 5.75 Å². The second-order valence-corrected chi connectivity index (χ2v) is 4.85. The quantitative estimate of drug-likeness (QED) is 0.753. The van der Waals surface area contributed by atoms with Crippen molar-refractivity contribution >= 4 is 10.8 Å². The molecule has 0 spiro atoms. The van der Waals surface area contributed by atoms with Crippen LogP contribution < -0.4 is 10.1 Å². The molecule has 4 heteroatoms. The molecule has 0 aliphatic rings. The van der Waals surface area contributed by atoms with Gasteiger partial charge in [0.1, 0.15) is 5.75 Å². The van der Waals surface area contributed by atoms with Gasteiger partial charge in [0.05, 0.1) is 26.4 Å². The van der Waals surface area contributed by atoms with Gasteiger partial charge < -0.3 is 20.3 Å². The second kappa shape index (κ2) is 6.70. The van der Waals surface area contributed by atoms with Gasteiger partial charge in [-0.25, -0.2) is 0 Å². The van der Waals surface area contributed by atoms with Crippen molar-refractivity contribution < 1.29 is 14.9 Å². The van der Waals surface area contributed by atoms with E-state index >= 15 is 0 Å². The Hall–Kier alpha value is -1.62. The Bertz CT molecular complexity index is 567. The molecule has 2 aromatic carbocycles. The van der Waals surface area contributed by atoms with Gasteiger partial charge in [-0.3, -0.25) is 0 Å². The Morgan fingerprint density at radius 1 is 1.05 bits per heavy atom. The maximum atomic E-state index is 9.17. The normalized spacial score (nSPS) is 12.8. The highest BCUT2D eigenvalue weighted by Gasteiger charge is 2.15. The maximum Gasteiger partial charge on any atom is 0.126 e. The molecule has 0 saturated carbocycles. The minimum Gasteiger partial charge on any atom is -0.496 e. The predicted octanol–water partition coefficient (Wildman–Crippen LogP) is 1.85. The van der Waals surface area contributed by atoms with Crippen LogP contribution in [0.3, 0.4) is 0 Å². The first-order valence-corrected chi connectivity index (χ1v) is 6.74. The van der Waals surface area contributed by atoms with E-state index in [-0.39, 0.29) is 25.3 Å². The molecule has 4 nitrogen and oxygen atoms in total. The number of hydrogen-bond acceptors (Lipinski definition) is 4. The zero-order valence-electron chi connectivity index (χ0n) is 11.8. The van der Waals surface area contributed by atoms with Crippen LogP contribution >= 0.6 is 0 Å². The number of hydrogen-bond donors (Lipinski definition) is 3. The molecule has 3 N–H and O–H groups in total. The smallest absolute Gasteiger partial charge is 0.126 e.